The molecule has 0 radical (unpaired) electrons. The lowest BCUT2D eigenvalue weighted by Gasteiger charge is -2.19. The van der Waals surface area contributed by atoms with Crippen LogP contribution in [-0.2, 0) is 9.59 Å². The number of anilines is 1. The van der Waals surface area contributed by atoms with Crippen molar-refractivity contribution in [3.05, 3.63) is 57.6 Å². The Morgan fingerprint density at radius 3 is 2.67 bits per heavy atom. The van der Waals surface area contributed by atoms with Crippen molar-refractivity contribution < 1.29 is 14.3 Å². The maximum Gasteiger partial charge on any atom is 0.254 e. The SMILES string of the molecule is CC(=O)N[C@@H]1C(=O)N(CCCOc2cccc(C)c2)c2c(Cl)ccc(Cl)c21. The average Bonchev–Trinajstić information content (AvgIpc) is 2.88. The van der Waals surface area contributed by atoms with Gasteiger partial charge in [-0.2, -0.15) is 0 Å². The van der Waals surface area contributed by atoms with Crippen LogP contribution in [0, 0.1) is 6.92 Å². The molecular formula is C20H20Cl2N2O3. The number of rotatable bonds is 6. The van der Waals surface area contributed by atoms with E-state index in [1.807, 2.05) is 31.2 Å². The standard InChI is InChI=1S/C20H20Cl2N2O3/c1-12-5-3-6-14(11-12)27-10-4-9-24-19-16(22)8-7-15(21)17(19)18(20(24)26)23-13(2)25/h3,5-8,11,18H,4,9-10H2,1-2H3,(H,23,25)/t18-/m0/s1. The second kappa shape index (κ2) is 8.19. The van der Waals surface area contributed by atoms with Crippen molar-refractivity contribution in [3.8, 4) is 5.75 Å². The fourth-order valence-corrected chi connectivity index (χ4v) is 3.70. The highest BCUT2D eigenvalue weighted by molar-refractivity contribution is 6.38. The van der Waals surface area contributed by atoms with Gasteiger partial charge in [0, 0.05) is 24.1 Å². The summed E-state index contributed by atoms with van der Waals surface area (Å²) in [6.07, 6.45) is 0.606. The molecule has 2 aromatic carbocycles. The van der Waals surface area contributed by atoms with Crippen LogP contribution in [0.1, 0.15) is 30.5 Å². The van der Waals surface area contributed by atoms with Crippen molar-refractivity contribution >= 4 is 40.7 Å². The lowest BCUT2D eigenvalue weighted by molar-refractivity contribution is -0.126. The fraction of sp³-hybridized carbons (Fsp3) is 0.300. The van der Waals surface area contributed by atoms with Crippen LogP contribution in [0.5, 0.6) is 5.75 Å². The molecule has 0 bridgehead atoms. The van der Waals surface area contributed by atoms with Gasteiger partial charge in [-0.25, -0.2) is 0 Å². The monoisotopic (exact) mass is 406 g/mol. The molecule has 1 aliphatic heterocycles. The average molecular weight is 407 g/mol. The molecule has 1 aliphatic rings. The molecule has 27 heavy (non-hydrogen) atoms. The van der Waals surface area contributed by atoms with Gasteiger partial charge in [-0.15, -0.1) is 0 Å². The number of hydrogen-bond donors (Lipinski definition) is 1. The zero-order chi connectivity index (χ0) is 19.6. The van der Waals surface area contributed by atoms with E-state index in [1.54, 1.807) is 17.0 Å². The Labute approximate surface area is 168 Å². The van der Waals surface area contributed by atoms with Gasteiger partial charge >= 0.3 is 0 Å². The van der Waals surface area contributed by atoms with Crippen LogP contribution in [0.15, 0.2) is 36.4 Å². The van der Waals surface area contributed by atoms with E-state index in [2.05, 4.69) is 5.32 Å². The molecule has 1 atom stereocenters. The summed E-state index contributed by atoms with van der Waals surface area (Å²) < 4.78 is 5.75. The largest absolute Gasteiger partial charge is 0.494 e. The smallest absolute Gasteiger partial charge is 0.254 e. The molecule has 0 aromatic heterocycles. The highest BCUT2D eigenvalue weighted by atomic mass is 35.5. The van der Waals surface area contributed by atoms with Gasteiger partial charge in [0.1, 0.15) is 11.8 Å². The van der Waals surface area contributed by atoms with Crippen LogP contribution < -0.4 is 15.0 Å². The Hall–Kier alpha value is -2.24. The Bertz CT molecular complexity index is 886. The number of amides is 2. The normalized spacial score (nSPS) is 15.6. The number of nitrogens with zero attached hydrogens (tertiary/aromatic N) is 1. The summed E-state index contributed by atoms with van der Waals surface area (Å²) in [4.78, 5) is 26.0. The first-order valence-corrected chi connectivity index (χ1v) is 9.40. The molecule has 5 nitrogen and oxygen atoms in total. The van der Waals surface area contributed by atoms with Gasteiger partial charge in [-0.05, 0) is 43.2 Å². The molecule has 0 aliphatic carbocycles. The van der Waals surface area contributed by atoms with E-state index in [0.717, 1.165) is 11.3 Å². The number of hydrogen-bond acceptors (Lipinski definition) is 3. The number of ether oxygens (including phenoxy) is 1. The second-order valence-corrected chi connectivity index (χ2v) is 7.25. The van der Waals surface area contributed by atoms with Gasteiger partial charge in [0.25, 0.3) is 5.91 Å². The molecule has 1 N–H and O–H groups in total. The molecule has 142 valence electrons. The van der Waals surface area contributed by atoms with Crippen LogP contribution in [0.2, 0.25) is 10.0 Å². The van der Waals surface area contributed by atoms with E-state index in [9.17, 15) is 9.59 Å². The minimum Gasteiger partial charge on any atom is -0.494 e. The summed E-state index contributed by atoms with van der Waals surface area (Å²) in [7, 11) is 0. The fourth-order valence-electron chi connectivity index (χ4n) is 3.17. The van der Waals surface area contributed by atoms with Crippen LogP contribution in [0.3, 0.4) is 0 Å². The van der Waals surface area contributed by atoms with Gasteiger partial charge in [0.15, 0.2) is 0 Å². The third-order valence-corrected chi connectivity index (χ3v) is 4.95. The van der Waals surface area contributed by atoms with Crippen molar-refractivity contribution in [2.24, 2.45) is 0 Å². The van der Waals surface area contributed by atoms with Crippen molar-refractivity contribution in [2.45, 2.75) is 26.3 Å². The van der Waals surface area contributed by atoms with Gasteiger partial charge < -0.3 is 15.0 Å². The minimum absolute atomic E-state index is 0.245. The molecule has 0 fully saturated rings. The molecule has 2 amide bonds. The zero-order valence-electron chi connectivity index (χ0n) is 15.1. The van der Waals surface area contributed by atoms with Gasteiger partial charge in [-0.3, -0.25) is 9.59 Å². The van der Waals surface area contributed by atoms with Gasteiger partial charge in [0.05, 0.1) is 17.3 Å². The predicted octanol–water partition coefficient (Wildman–Crippen LogP) is 4.29. The quantitative estimate of drug-likeness (QED) is 0.727. The number of carbonyl (C=O) groups excluding carboxylic acids is 2. The number of halogens is 2. The Morgan fingerprint density at radius 1 is 1.22 bits per heavy atom. The molecular weight excluding hydrogens is 387 g/mol. The summed E-state index contributed by atoms with van der Waals surface area (Å²) in [5, 5.41) is 3.49. The first-order chi connectivity index (χ1) is 12.9. The molecule has 0 saturated carbocycles. The van der Waals surface area contributed by atoms with Crippen LogP contribution in [0.4, 0.5) is 5.69 Å². The number of nitrogens with one attached hydrogen (secondary N) is 1. The van der Waals surface area contributed by atoms with Crippen LogP contribution >= 0.6 is 23.2 Å². The summed E-state index contributed by atoms with van der Waals surface area (Å²) in [6, 6.07) is 10.3. The van der Waals surface area contributed by atoms with Crippen LogP contribution in [-0.4, -0.2) is 25.0 Å². The van der Waals surface area contributed by atoms with E-state index < -0.39 is 6.04 Å². The molecule has 2 aromatic rings. The molecule has 1 heterocycles. The van der Waals surface area contributed by atoms with Crippen molar-refractivity contribution in [1.82, 2.24) is 5.32 Å². The summed E-state index contributed by atoms with van der Waals surface area (Å²) in [5.74, 6) is 0.242. The minimum atomic E-state index is -0.818. The van der Waals surface area contributed by atoms with E-state index in [-0.39, 0.29) is 11.8 Å². The van der Waals surface area contributed by atoms with E-state index in [0.29, 0.717) is 40.9 Å². The first-order valence-electron chi connectivity index (χ1n) is 8.64. The summed E-state index contributed by atoms with van der Waals surface area (Å²) in [6.45, 7) is 4.23. The Kier molecular flexibility index (Phi) is 5.92. The summed E-state index contributed by atoms with van der Waals surface area (Å²) in [5.41, 5.74) is 2.23. The molecule has 0 unspecified atom stereocenters. The van der Waals surface area contributed by atoms with Crippen molar-refractivity contribution in [1.29, 1.82) is 0 Å². The maximum atomic E-state index is 12.9. The van der Waals surface area contributed by atoms with Gasteiger partial charge in [-0.1, -0.05) is 35.3 Å². The van der Waals surface area contributed by atoms with Crippen molar-refractivity contribution in [3.63, 3.8) is 0 Å². The first kappa shape index (κ1) is 19.5. The topological polar surface area (TPSA) is 58.6 Å². The zero-order valence-corrected chi connectivity index (χ0v) is 16.6. The number of fused-ring (bicyclic) bond motifs is 1. The Balaban J connectivity index is 1.73. The lowest BCUT2D eigenvalue weighted by Crippen LogP contribution is -2.37. The highest BCUT2D eigenvalue weighted by Crippen LogP contribution is 2.44. The lowest BCUT2D eigenvalue weighted by atomic mass is 10.1. The number of aryl methyl sites for hydroxylation is 1. The number of benzene rings is 2. The predicted molar refractivity (Wildman–Crippen MR) is 107 cm³/mol. The molecule has 0 saturated heterocycles. The highest BCUT2D eigenvalue weighted by Gasteiger charge is 2.40. The maximum absolute atomic E-state index is 12.9. The second-order valence-electron chi connectivity index (χ2n) is 6.43. The van der Waals surface area contributed by atoms with Crippen LogP contribution in [0.25, 0.3) is 0 Å². The van der Waals surface area contributed by atoms with E-state index in [1.165, 1.54) is 6.92 Å². The third kappa shape index (κ3) is 4.20. The Morgan fingerprint density at radius 2 is 1.96 bits per heavy atom. The van der Waals surface area contributed by atoms with E-state index >= 15 is 0 Å². The van der Waals surface area contributed by atoms with Gasteiger partial charge in [0.2, 0.25) is 5.91 Å². The molecule has 3 rings (SSSR count). The molecule has 7 heteroatoms. The number of carbonyl (C=O) groups is 2. The van der Waals surface area contributed by atoms with Crippen molar-refractivity contribution in [2.75, 3.05) is 18.1 Å². The molecule has 0 spiro atoms. The van der Waals surface area contributed by atoms with E-state index in [4.69, 9.17) is 27.9 Å². The third-order valence-electron chi connectivity index (χ3n) is 4.32. The summed E-state index contributed by atoms with van der Waals surface area (Å²) >= 11 is 12.6.